The van der Waals surface area contributed by atoms with Crippen LogP contribution >= 0.6 is 0 Å². The Bertz CT molecular complexity index is 3550. The van der Waals surface area contributed by atoms with Gasteiger partial charge < -0.3 is 85.7 Å². The largest absolute Gasteiger partial charge is 0.481 e. The summed E-state index contributed by atoms with van der Waals surface area (Å²) in [5.41, 5.74) is 22.2. The van der Waals surface area contributed by atoms with Crippen molar-refractivity contribution in [2.75, 3.05) is 6.61 Å². The summed E-state index contributed by atoms with van der Waals surface area (Å²) in [6.07, 6.45) is -4.22. The second-order valence-electron chi connectivity index (χ2n) is 35.4. The first kappa shape index (κ1) is 110. The number of carboxylic acid groups (broad SMARTS) is 1. The van der Waals surface area contributed by atoms with Gasteiger partial charge in [0.25, 0.3) is 0 Å². The zero-order chi connectivity index (χ0) is 93.1. The molecule has 0 spiro atoms. The van der Waals surface area contributed by atoms with Gasteiger partial charge in [-0.3, -0.25) is 91.1 Å². The lowest BCUT2D eigenvalue weighted by atomic mass is 9.85. The van der Waals surface area contributed by atoms with Crippen LogP contribution in [0, 0.1) is 71.0 Å². The number of carbonyl (C=O) groups is 20. The van der Waals surface area contributed by atoms with E-state index in [-0.39, 0.29) is 68.6 Å². The van der Waals surface area contributed by atoms with Gasteiger partial charge in [0.2, 0.25) is 76.8 Å². The normalized spacial score (nSPS) is 21.0. The maximum Gasteiger partial charge on any atom is 0.329 e. The quantitative estimate of drug-likeness (QED) is 0.0306. The molecule has 1 heterocycles. The fourth-order valence-electron chi connectivity index (χ4n) is 14.2. The van der Waals surface area contributed by atoms with Crippen LogP contribution in [-0.2, 0) is 101 Å². The highest BCUT2D eigenvalue weighted by Crippen LogP contribution is 2.27. The average Bonchev–Trinajstić information content (AvgIpc) is 1.08. The molecule has 0 saturated carbocycles. The Hall–Kier alpha value is -9.64. The smallest absolute Gasteiger partial charge is 0.329 e. The van der Waals surface area contributed by atoms with Crippen LogP contribution in [0.3, 0.4) is 0 Å². The van der Waals surface area contributed by atoms with E-state index in [0.29, 0.717) is 12.8 Å². The summed E-state index contributed by atoms with van der Waals surface area (Å²) < 4.78 is 5.86. The summed E-state index contributed by atoms with van der Waals surface area (Å²) in [6, 6.07) is -13.4. The van der Waals surface area contributed by atoms with E-state index in [0.717, 1.165) is 25.7 Å². The van der Waals surface area contributed by atoms with Crippen molar-refractivity contribution in [3.05, 3.63) is 0 Å². The van der Waals surface area contributed by atoms with Gasteiger partial charge in [0.1, 0.15) is 36.8 Å². The van der Waals surface area contributed by atoms with Gasteiger partial charge in [-0.2, -0.15) is 0 Å². The SMILES string of the molecule is CCCCCCC[C@@H](O)CC(=O)N[C@@H](CC(C)C)C(=O)C[C@H](CCC(=O)O)C(=O)N[C@H](CCC(N)=O)C(=O)C[C@@H](C(=O)N[C@H](CC(C)C)C(=O)C[C@@H](CCC(N)=O)C(=O)N[C@@H]1COC(=O)[C@H]([C@@H](C)CC)NC(=O)[C@@H](CCC(N)=O)CC(=O)[C@H](CC(C)C)NC(=O)[C@H](C)NC(=O)[C@@H](CCC(N)=O)NC(=O)[C@@H](CC(C)C)NC(=O)[C@@H](C(C)C)CC1=O)C(C)C. The Labute approximate surface area is 718 Å². The van der Waals surface area contributed by atoms with Crippen LogP contribution < -0.4 is 70.8 Å². The van der Waals surface area contributed by atoms with Crippen LogP contribution in [0.25, 0.3) is 0 Å². The summed E-state index contributed by atoms with van der Waals surface area (Å²) in [5, 5.41) is 44.0. The van der Waals surface area contributed by atoms with Crippen molar-refractivity contribution in [1.29, 1.82) is 0 Å². The van der Waals surface area contributed by atoms with Gasteiger partial charge in [-0.1, -0.05) is 142 Å². The van der Waals surface area contributed by atoms with Gasteiger partial charge in [0.15, 0.2) is 28.9 Å². The summed E-state index contributed by atoms with van der Waals surface area (Å²) in [4.78, 5) is 279. The number of carbonyl (C=O) groups excluding carboxylic acids is 19. The molecule has 692 valence electrons. The number of hydrogen-bond donors (Lipinski definition) is 15. The molecule has 19 N–H and O–H groups in total. The third-order valence-electron chi connectivity index (χ3n) is 21.7. The first-order valence-electron chi connectivity index (χ1n) is 43.5. The lowest BCUT2D eigenvalue weighted by molar-refractivity contribution is -0.152. The van der Waals surface area contributed by atoms with E-state index in [9.17, 15) is 91.7 Å². The topological polar surface area (TPSA) is 603 Å². The number of aliphatic carboxylic acids is 1. The van der Waals surface area contributed by atoms with Crippen LogP contribution in [0.15, 0.2) is 0 Å². The van der Waals surface area contributed by atoms with Crippen molar-refractivity contribution in [1.82, 2.24) is 47.9 Å². The van der Waals surface area contributed by atoms with Crippen molar-refractivity contribution in [3.63, 3.8) is 0 Å². The predicted octanol–water partition coefficient (Wildman–Crippen LogP) is 3.38. The lowest BCUT2D eigenvalue weighted by Crippen LogP contribution is -2.58. The van der Waals surface area contributed by atoms with Gasteiger partial charge >= 0.3 is 11.9 Å². The van der Waals surface area contributed by atoms with Gasteiger partial charge in [0.05, 0.1) is 36.7 Å². The molecule has 1 rings (SSSR count). The molecule has 0 unspecified atom stereocenters. The number of aliphatic hydroxyl groups is 1. The third kappa shape index (κ3) is 43.9. The van der Waals surface area contributed by atoms with E-state index < -0.39 is 322 Å². The van der Waals surface area contributed by atoms with Crippen molar-refractivity contribution < 1.29 is 111 Å². The monoisotopic (exact) mass is 1730 g/mol. The molecular formula is C86H145N13O23. The van der Waals surface area contributed by atoms with E-state index in [1.165, 1.54) is 6.92 Å². The molecule has 0 aromatic heterocycles. The standard InChI is InChI=1S/C86H145N13O23/c1-17-19-20-21-22-23-56(100)41-75(110)92-61(34-45(3)4)66(101)40-55(26-33-76(111)112)79(114)93-59(27-31-73(89)108)69(104)42-57(49(11)12)82(117)96-63(36-47(7)8)68(103)38-53(24-29-71(87)106)80(115)98-65-44-122-86(121)77(51(15)18-2)99-81(116)54(25-30-72(88)107)39-67(102)62(35-46(5)6)95-78(113)52(16)91-84(119)60(28-32-74(90)109)94-85(120)64(37-48(9)10)97-83(118)58(50(13)14)43-70(65)105/h45-65,77,100H,17-44H2,1-16H3,(H2,87,106)(H2,88,107)(H2,89,108)(H2,90,109)(H,91,119)(H,92,110)(H,93,114)(H,94,120)(H,95,113)(H,96,117)(H,97,118)(H,98,115)(H,99,116)(H,111,112)/t51-,52-,53+,54-,55-,56+,57+,58+,59+,60+,61-,62-,63+,64+,65+,77-/m0/s1. The van der Waals surface area contributed by atoms with Crippen LogP contribution in [0.1, 0.15) is 284 Å². The van der Waals surface area contributed by atoms with Crippen LogP contribution in [0.2, 0.25) is 0 Å². The molecule has 0 aromatic rings. The fraction of sp³-hybridized carbons (Fsp3) is 0.767. The average molecular weight is 1730 g/mol. The zero-order valence-electron chi connectivity index (χ0n) is 74.8. The zero-order valence-corrected chi connectivity index (χ0v) is 74.8. The maximum atomic E-state index is 15.2. The van der Waals surface area contributed by atoms with E-state index >= 15 is 14.4 Å². The Morgan fingerprint density at radius 2 is 0.967 bits per heavy atom. The summed E-state index contributed by atoms with van der Waals surface area (Å²) >= 11 is 0. The molecule has 13 amide bonds. The van der Waals surface area contributed by atoms with Gasteiger partial charge in [-0.05, 0) is 113 Å². The summed E-state index contributed by atoms with van der Waals surface area (Å²) in [5.74, 6) is -28.6. The minimum atomic E-state index is -1.93. The minimum absolute atomic E-state index is 0.00226. The molecular weight excluding hydrogens is 1580 g/mol. The molecule has 0 aliphatic carbocycles. The number of hydrogen-bond acceptors (Lipinski definition) is 22. The third-order valence-corrected chi connectivity index (χ3v) is 21.7. The van der Waals surface area contributed by atoms with E-state index in [2.05, 4.69) is 54.8 Å². The highest BCUT2D eigenvalue weighted by Gasteiger charge is 2.42. The Balaban J connectivity index is 4.18. The van der Waals surface area contributed by atoms with Crippen molar-refractivity contribution in [2.45, 2.75) is 345 Å². The molecule has 0 radical (unpaired) electrons. The number of nitrogens with two attached hydrogens (primary N) is 4. The number of ketones is 5. The molecule has 122 heavy (non-hydrogen) atoms. The van der Waals surface area contributed by atoms with Crippen LogP contribution in [-0.4, -0.2) is 195 Å². The first-order valence-corrected chi connectivity index (χ1v) is 43.5. The van der Waals surface area contributed by atoms with E-state index in [1.54, 1.807) is 96.9 Å². The van der Waals surface area contributed by atoms with Gasteiger partial charge in [0, 0.05) is 93.8 Å². The summed E-state index contributed by atoms with van der Waals surface area (Å²) in [6.45, 7) is 25.8. The number of aliphatic hydroxyl groups excluding tert-OH is 1. The number of rotatable bonds is 51. The number of Topliss-reactive ketones (excluding diaryl/α,β-unsaturated/α-hetero) is 5. The Kier molecular flexibility index (Phi) is 51.5. The highest BCUT2D eigenvalue weighted by atomic mass is 16.5. The number of esters is 1. The molecule has 36 heteroatoms. The number of nitrogens with one attached hydrogen (secondary N) is 9. The molecule has 0 bridgehead atoms. The lowest BCUT2D eigenvalue weighted by Gasteiger charge is -2.29. The van der Waals surface area contributed by atoms with Crippen molar-refractivity contribution >= 4 is 118 Å². The first-order chi connectivity index (χ1) is 56.9. The fourth-order valence-corrected chi connectivity index (χ4v) is 14.2. The second-order valence-corrected chi connectivity index (χ2v) is 35.4. The van der Waals surface area contributed by atoms with Crippen LogP contribution in [0.5, 0.6) is 0 Å². The molecule has 1 saturated heterocycles. The molecule has 1 aliphatic heterocycles. The molecule has 16 atom stereocenters. The minimum Gasteiger partial charge on any atom is -0.481 e. The van der Waals surface area contributed by atoms with Crippen molar-refractivity contribution in [2.24, 2.45) is 93.9 Å². The van der Waals surface area contributed by atoms with Gasteiger partial charge in [-0.15, -0.1) is 0 Å². The maximum absolute atomic E-state index is 15.2. The number of carboxylic acids is 1. The number of primary amides is 4. The number of amides is 13. The van der Waals surface area contributed by atoms with Gasteiger partial charge in [-0.25, -0.2) is 4.79 Å². The number of cyclic esters (lactones) is 1. The van der Waals surface area contributed by atoms with Crippen LogP contribution in [0.4, 0.5) is 0 Å². The Morgan fingerprint density at radius 3 is 1.49 bits per heavy atom. The predicted molar refractivity (Wildman–Crippen MR) is 451 cm³/mol. The number of unbranched alkanes of at least 4 members (excludes halogenated alkanes) is 4. The molecule has 0 aromatic carbocycles. The molecule has 36 nitrogen and oxygen atoms in total. The number of ether oxygens (including phenoxy) is 1. The van der Waals surface area contributed by atoms with Crippen molar-refractivity contribution in [3.8, 4) is 0 Å². The highest BCUT2D eigenvalue weighted by molar-refractivity contribution is 6.01. The van der Waals surface area contributed by atoms with E-state index in [4.69, 9.17) is 27.7 Å². The second kappa shape index (κ2) is 56.9. The molecule has 1 fully saturated rings. The summed E-state index contributed by atoms with van der Waals surface area (Å²) in [7, 11) is 0. The van der Waals surface area contributed by atoms with E-state index in [1.807, 2.05) is 0 Å². The Morgan fingerprint density at radius 1 is 0.475 bits per heavy atom. The molecule has 1 aliphatic rings.